The van der Waals surface area contributed by atoms with E-state index in [0.29, 0.717) is 49.1 Å². The van der Waals surface area contributed by atoms with Crippen LogP contribution < -0.4 is 15.5 Å². The molecule has 9 nitrogen and oxygen atoms in total. The first-order chi connectivity index (χ1) is 18.2. The molecule has 0 aliphatic carbocycles. The van der Waals surface area contributed by atoms with E-state index in [9.17, 15) is 18.3 Å². The third kappa shape index (κ3) is 6.06. The van der Waals surface area contributed by atoms with Gasteiger partial charge in [0.15, 0.2) is 5.82 Å². The minimum Gasteiger partial charge on any atom is -0.507 e. The number of hydrogen-bond donors (Lipinski definition) is 2. The molecule has 0 bridgehead atoms. The molecule has 4 heterocycles. The Balaban J connectivity index is 1.24. The molecular formula is C26H27F3N8O. The molecular weight excluding hydrogens is 497 g/mol. The highest BCUT2D eigenvalue weighted by Crippen LogP contribution is 2.32. The van der Waals surface area contributed by atoms with Crippen LogP contribution in [0.4, 0.5) is 30.5 Å². The summed E-state index contributed by atoms with van der Waals surface area (Å²) in [6.45, 7) is 2.55. The van der Waals surface area contributed by atoms with Crippen LogP contribution in [0.2, 0.25) is 0 Å². The molecule has 0 atom stereocenters. The number of phenols is 1. The van der Waals surface area contributed by atoms with Gasteiger partial charge in [0, 0.05) is 56.9 Å². The van der Waals surface area contributed by atoms with Crippen molar-refractivity contribution in [2.75, 3.05) is 61.3 Å². The lowest BCUT2D eigenvalue weighted by atomic mass is 10.0. The van der Waals surface area contributed by atoms with Gasteiger partial charge in [-0.05, 0) is 36.6 Å². The molecule has 38 heavy (non-hydrogen) atoms. The third-order valence-corrected chi connectivity index (χ3v) is 6.53. The van der Waals surface area contributed by atoms with Gasteiger partial charge in [-0.3, -0.25) is 4.90 Å². The normalized spacial score (nSPS) is 16.9. The summed E-state index contributed by atoms with van der Waals surface area (Å²) in [5, 5.41) is 18.5. The molecule has 0 saturated carbocycles. The van der Waals surface area contributed by atoms with Gasteiger partial charge < -0.3 is 20.6 Å². The van der Waals surface area contributed by atoms with Gasteiger partial charge in [0.05, 0.1) is 17.9 Å². The predicted molar refractivity (Wildman–Crippen MR) is 137 cm³/mol. The van der Waals surface area contributed by atoms with Crippen LogP contribution in [0.1, 0.15) is 12.2 Å². The summed E-state index contributed by atoms with van der Waals surface area (Å²) in [6.07, 6.45) is -1.70. The molecule has 0 amide bonds. The summed E-state index contributed by atoms with van der Waals surface area (Å²) in [4.78, 5) is 14.4. The number of aromatic nitrogens is 4. The molecule has 2 fully saturated rings. The first kappa shape index (κ1) is 25.5. The van der Waals surface area contributed by atoms with Crippen molar-refractivity contribution >= 4 is 17.3 Å². The first-order valence-electron chi connectivity index (χ1n) is 12.3. The third-order valence-electron chi connectivity index (χ3n) is 6.53. The number of nitrogens with zero attached hydrogens (tertiary/aromatic N) is 7. The van der Waals surface area contributed by atoms with Crippen LogP contribution in [-0.2, 0) is 0 Å². The Labute approximate surface area is 218 Å². The van der Waals surface area contributed by atoms with Crippen LogP contribution in [0.15, 0.2) is 42.6 Å². The maximum absolute atomic E-state index is 12.5. The van der Waals surface area contributed by atoms with Crippen molar-refractivity contribution in [2.45, 2.75) is 12.6 Å². The van der Waals surface area contributed by atoms with Crippen LogP contribution in [0.25, 0.3) is 11.3 Å². The number of aromatic hydroxyl groups is 1. The van der Waals surface area contributed by atoms with Crippen molar-refractivity contribution in [3.63, 3.8) is 0 Å². The maximum Gasteiger partial charge on any atom is 0.401 e. The van der Waals surface area contributed by atoms with Crippen LogP contribution in [-0.4, -0.2) is 82.2 Å². The van der Waals surface area contributed by atoms with E-state index in [-0.39, 0.29) is 11.7 Å². The Kier molecular flexibility index (Phi) is 7.20. The van der Waals surface area contributed by atoms with Crippen LogP contribution in [0, 0.1) is 17.8 Å². The minimum absolute atomic E-state index is 0.113. The van der Waals surface area contributed by atoms with Gasteiger partial charge >= 0.3 is 6.18 Å². The number of hydrogen-bond acceptors (Lipinski definition) is 9. The Morgan fingerprint density at radius 3 is 2.58 bits per heavy atom. The first-order valence-corrected chi connectivity index (χ1v) is 12.3. The molecule has 0 unspecified atom stereocenters. The molecule has 198 valence electrons. The summed E-state index contributed by atoms with van der Waals surface area (Å²) < 4.78 is 37.4. The van der Waals surface area contributed by atoms with E-state index in [4.69, 9.17) is 5.73 Å². The quantitative estimate of drug-likeness (QED) is 0.498. The summed E-state index contributed by atoms with van der Waals surface area (Å²) >= 11 is 0. The van der Waals surface area contributed by atoms with Gasteiger partial charge in [0.25, 0.3) is 0 Å². The number of anilines is 3. The van der Waals surface area contributed by atoms with E-state index < -0.39 is 12.7 Å². The molecule has 0 radical (unpaired) electrons. The Bertz CT molecular complexity index is 1350. The average molecular weight is 525 g/mol. The van der Waals surface area contributed by atoms with Crippen LogP contribution in [0.3, 0.4) is 0 Å². The van der Waals surface area contributed by atoms with Crippen molar-refractivity contribution in [3.05, 3.63) is 48.4 Å². The smallest absolute Gasteiger partial charge is 0.401 e. The second-order valence-corrected chi connectivity index (χ2v) is 9.36. The van der Waals surface area contributed by atoms with Crippen molar-refractivity contribution < 1.29 is 18.3 Å². The predicted octanol–water partition coefficient (Wildman–Crippen LogP) is 2.78. The van der Waals surface area contributed by atoms with Gasteiger partial charge in [0.2, 0.25) is 5.82 Å². The molecule has 5 rings (SSSR count). The monoisotopic (exact) mass is 524 g/mol. The Hall–Kier alpha value is -4.11. The van der Waals surface area contributed by atoms with Gasteiger partial charge in [-0.25, -0.2) is 9.97 Å². The second-order valence-electron chi connectivity index (χ2n) is 9.36. The van der Waals surface area contributed by atoms with Gasteiger partial charge in [0.1, 0.15) is 11.6 Å². The second kappa shape index (κ2) is 10.7. The topological polar surface area (TPSA) is 108 Å². The highest BCUT2D eigenvalue weighted by atomic mass is 19.4. The SMILES string of the molecule is Nc1nnc(-c2ccccc2O)cc1N1CCCN(c2ccnc(C#CC3CN(CC(F)(F)F)C3)n2)CC1. The lowest BCUT2D eigenvalue weighted by molar-refractivity contribution is -0.156. The summed E-state index contributed by atoms with van der Waals surface area (Å²) in [5.41, 5.74) is 8.07. The number of alkyl halides is 3. The summed E-state index contributed by atoms with van der Waals surface area (Å²) in [5.74, 6) is 7.35. The lowest BCUT2D eigenvalue weighted by Crippen LogP contribution is -2.49. The highest BCUT2D eigenvalue weighted by Gasteiger charge is 2.36. The van der Waals surface area contributed by atoms with Gasteiger partial charge in [-0.15, -0.1) is 10.2 Å². The van der Waals surface area contributed by atoms with E-state index in [1.54, 1.807) is 24.4 Å². The fourth-order valence-electron chi connectivity index (χ4n) is 4.65. The molecule has 2 aromatic heterocycles. The fourth-order valence-corrected chi connectivity index (χ4v) is 4.65. The molecule has 2 saturated heterocycles. The van der Waals surface area contributed by atoms with Crippen LogP contribution in [0.5, 0.6) is 5.75 Å². The van der Waals surface area contributed by atoms with E-state index in [2.05, 4.69) is 41.8 Å². The molecule has 1 aromatic carbocycles. The molecule has 2 aliphatic heterocycles. The number of phenolic OH excluding ortho intramolecular Hbond substituents is 1. The summed E-state index contributed by atoms with van der Waals surface area (Å²) in [7, 11) is 0. The van der Waals surface area contributed by atoms with E-state index in [1.165, 1.54) is 4.90 Å². The molecule has 2 aliphatic rings. The van der Waals surface area contributed by atoms with Crippen molar-refractivity contribution in [3.8, 4) is 28.8 Å². The van der Waals surface area contributed by atoms with E-state index in [0.717, 1.165) is 31.0 Å². The molecule has 3 N–H and O–H groups in total. The standard InChI is InChI=1S/C26H27F3N8O/c27-26(28,29)17-35-15-18(16-35)6-7-23-31-9-8-24(32-23)37-11-3-10-36(12-13-37)21-14-20(33-34-25(21)30)19-4-1-2-5-22(19)38/h1-2,4-5,8-9,14,18,38H,3,10-13,15-17H2,(H2,30,34). The van der Waals surface area contributed by atoms with Gasteiger partial charge in [-0.1, -0.05) is 18.1 Å². The zero-order valence-corrected chi connectivity index (χ0v) is 20.6. The number of para-hydroxylation sites is 1. The average Bonchev–Trinajstić information content (AvgIpc) is 3.12. The molecule has 12 heteroatoms. The fraction of sp³-hybridized carbons (Fsp3) is 0.385. The van der Waals surface area contributed by atoms with Crippen molar-refractivity contribution in [1.82, 2.24) is 25.1 Å². The van der Waals surface area contributed by atoms with Crippen LogP contribution >= 0.6 is 0 Å². The minimum atomic E-state index is -4.19. The lowest BCUT2D eigenvalue weighted by Gasteiger charge is -2.36. The number of likely N-dealkylation sites (tertiary alicyclic amines) is 1. The number of benzene rings is 1. The van der Waals surface area contributed by atoms with E-state index in [1.807, 2.05) is 18.2 Å². The number of halogens is 3. The number of rotatable bonds is 4. The zero-order chi connectivity index (χ0) is 26.7. The Morgan fingerprint density at radius 2 is 1.79 bits per heavy atom. The number of nitrogen functional groups attached to an aromatic ring is 1. The largest absolute Gasteiger partial charge is 0.507 e. The van der Waals surface area contributed by atoms with Crippen molar-refractivity contribution in [1.29, 1.82) is 0 Å². The van der Waals surface area contributed by atoms with E-state index >= 15 is 0 Å². The summed E-state index contributed by atoms with van der Waals surface area (Å²) in [6, 6.07) is 10.6. The zero-order valence-electron chi connectivity index (χ0n) is 20.6. The molecule has 3 aromatic rings. The Morgan fingerprint density at radius 1 is 1.03 bits per heavy atom. The van der Waals surface area contributed by atoms with Gasteiger partial charge in [-0.2, -0.15) is 13.2 Å². The van der Waals surface area contributed by atoms with Crippen molar-refractivity contribution in [2.24, 2.45) is 5.92 Å². The number of nitrogens with two attached hydrogens (primary N) is 1. The maximum atomic E-state index is 12.5. The highest BCUT2D eigenvalue weighted by molar-refractivity contribution is 5.74. The molecule has 0 spiro atoms.